The molecule has 0 aliphatic rings. The standard InChI is InChI=1S/C17H14IO/c19-12-16-15-9-5-4-6-13(15)10-11-17(16)18-14-7-2-1-3-8-14/h1-11,19H,12H2/q+1. The van der Waals surface area contributed by atoms with Crippen LogP contribution in [0.5, 0.6) is 0 Å². The maximum atomic E-state index is 9.71. The fraction of sp³-hybridized carbons (Fsp3) is 0.0588. The molecular weight excluding hydrogens is 347 g/mol. The van der Waals surface area contributed by atoms with Crippen molar-refractivity contribution >= 4 is 10.8 Å². The summed E-state index contributed by atoms with van der Waals surface area (Å²) in [6, 6.07) is 23.1. The smallest absolute Gasteiger partial charge is 0.358 e. The fourth-order valence-electron chi connectivity index (χ4n) is 2.15. The third-order valence-electron chi connectivity index (χ3n) is 3.09. The summed E-state index contributed by atoms with van der Waals surface area (Å²) in [6.07, 6.45) is 0. The van der Waals surface area contributed by atoms with Gasteiger partial charge in [-0.15, -0.1) is 0 Å². The van der Waals surface area contributed by atoms with Crippen LogP contribution < -0.4 is 21.2 Å². The first-order valence-electron chi connectivity index (χ1n) is 6.20. The van der Waals surface area contributed by atoms with Gasteiger partial charge in [-0.1, -0.05) is 42.5 Å². The van der Waals surface area contributed by atoms with Crippen molar-refractivity contribution in [3.8, 4) is 0 Å². The average Bonchev–Trinajstić information content (AvgIpc) is 2.48. The molecule has 94 valence electrons. The minimum Gasteiger partial charge on any atom is -0.391 e. The number of aliphatic hydroxyl groups is 1. The molecule has 1 N–H and O–H groups in total. The van der Waals surface area contributed by atoms with Crippen molar-refractivity contribution < 1.29 is 26.3 Å². The van der Waals surface area contributed by atoms with Gasteiger partial charge in [0.2, 0.25) is 3.57 Å². The Labute approximate surface area is 123 Å². The van der Waals surface area contributed by atoms with E-state index in [0.29, 0.717) is 0 Å². The van der Waals surface area contributed by atoms with Gasteiger partial charge in [-0.05, 0) is 35.0 Å². The lowest BCUT2D eigenvalue weighted by Crippen LogP contribution is -3.61. The molecule has 19 heavy (non-hydrogen) atoms. The summed E-state index contributed by atoms with van der Waals surface area (Å²) < 4.78 is 2.69. The highest BCUT2D eigenvalue weighted by Crippen LogP contribution is 2.18. The predicted molar refractivity (Wildman–Crippen MR) is 73.7 cm³/mol. The van der Waals surface area contributed by atoms with Crippen LogP contribution in [0.4, 0.5) is 0 Å². The number of hydrogen-bond donors (Lipinski definition) is 1. The molecule has 0 heterocycles. The van der Waals surface area contributed by atoms with Gasteiger partial charge in [-0.2, -0.15) is 0 Å². The first kappa shape index (κ1) is 12.6. The highest BCUT2D eigenvalue weighted by Gasteiger charge is 2.20. The van der Waals surface area contributed by atoms with Crippen LogP contribution in [0.2, 0.25) is 0 Å². The number of hydrogen-bond acceptors (Lipinski definition) is 1. The third-order valence-corrected chi connectivity index (χ3v) is 6.02. The highest BCUT2D eigenvalue weighted by molar-refractivity contribution is 5.85. The van der Waals surface area contributed by atoms with Crippen LogP contribution in [0.15, 0.2) is 66.7 Å². The quantitative estimate of drug-likeness (QED) is 0.673. The monoisotopic (exact) mass is 361 g/mol. The molecule has 0 radical (unpaired) electrons. The molecule has 0 aromatic heterocycles. The van der Waals surface area contributed by atoms with E-state index in [1.165, 1.54) is 17.9 Å². The molecule has 0 spiro atoms. The van der Waals surface area contributed by atoms with Crippen LogP contribution in [-0.4, -0.2) is 5.11 Å². The van der Waals surface area contributed by atoms with Crippen LogP contribution in [0, 0.1) is 7.14 Å². The van der Waals surface area contributed by atoms with Gasteiger partial charge in [0.1, 0.15) is 0 Å². The first-order chi connectivity index (χ1) is 9.38. The van der Waals surface area contributed by atoms with Crippen molar-refractivity contribution in [2.45, 2.75) is 6.61 Å². The SMILES string of the molecule is OCc1c([I+]c2ccccc2)ccc2ccccc12. The van der Waals surface area contributed by atoms with E-state index < -0.39 is 0 Å². The lowest BCUT2D eigenvalue weighted by atomic mass is 10.1. The molecule has 0 amide bonds. The van der Waals surface area contributed by atoms with Gasteiger partial charge < -0.3 is 5.11 Å². The Balaban J connectivity index is 2.08. The molecule has 0 aliphatic heterocycles. The minimum atomic E-state index is -0.234. The second-order valence-electron chi connectivity index (χ2n) is 4.30. The minimum absolute atomic E-state index is 0.114. The Hall–Kier alpha value is -1.39. The molecule has 0 bridgehead atoms. The summed E-state index contributed by atoms with van der Waals surface area (Å²) in [7, 11) is 0. The molecule has 0 atom stereocenters. The summed E-state index contributed by atoms with van der Waals surface area (Å²) in [4.78, 5) is 0. The Morgan fingerprint density at radius 1 is 0.789 bits per heavy atom. The molecule has 3 aromatic carbocycles. The zero-order valence-corrected chi connectivity index (χ0v) is 12.5. The summed E-state index contributed by atoms with van der Waals surface area (Å²) in [6.45, 7) is 0.114. The van der Waals surface area contributed by atoms with Crippen molar-refractivity contribution in [2.24, 2.45) is 0 Å². The van der Waals surface area contributed by atoms with Gasteiger partial charge in [0.05, 0.1) is 6.61 Å². The molecule has 0 aliphatic carbocycles. The maximum Gasteiger partial charge on any atom is 0.358 e. The molecule has 0 saturated heterocycles. The van der Waals surface area contributed by atoms with Crippen LogP contribution >= 0.6 is 0 Å². The average molecular weight is 361 g/mol. The van der Waals surface area contributed by atoms with E-state index in [9.17, 15) is 5.11 Å². The summed E-state index contributed by atoms with van der Waals surface area (Å²) in [5, 5.41) is 12.1. The second kappa shape index (κ2) is 5.72. The molecular formula is C17H14IO+. The Morgan fingerprint density at radius 2 is 1.53 bits per heavy atom. The van der Waals surface area contributed by atoms with Crippen molar-refractivity contribution in [1.82, 2.24) is 0 Å². The van der Waals surface area contributed by atoms with Gasteiger partial charge in [-0.25, -0.2) is 0 Å². The van der Waals surface area contributed by atoms with Gasteiger partial charge in [0.25, 0.3) is 0 Å². The summed E-state index contributed by atoms with van der Waals surface area (Å²) in [5.74, 6) is 0. The second-order valence-corrected chi connectivity index (χ2v) is 7.24. The first-order valence-corrected chi connectivity index (χ1v) is 8.35. The van der Waals surface area contributed by atoms with Gasteiger partial charge >= 0.3 is 21.2 Å². The van der Waals surface area contributed by atoms with E-state index in [0.717, 1.165) is 5.56 Å². The Bertz CT molecular complexity index is 692. The lowest BCUT2D eigenvalue weighted by Gasteiger charge is -2.03. The van der Waals surface area contributed by atoms with Crippen LogP contribution in [0.1, 0.15) is 5.56 Å². The van der Waals surface area contributed by atoms with Crippen molar-refractivity contribution in [3.63, 3.8) is 0 Å². The van der Waals surface area contributed by atoms with E-state index in [2.05, 4.69) is 48.5 Å². The molecule has 3 aromatic rings. The van der Waals surface area contributed by atoms with Crippen LogP contribution in [0.25, 0.3) is 10.8 Å². The van der Waals surface area contributed by atoms with Crippen LogP contribution in [-0.2, 0) is 6.61 Å². The van der Waals surface area contributed by atoms with Gasteiger partial charge in [0.15, 0.2) is 3.57 Å². The number of aliphatic hydroxyl groups excluding tert-OH is 1. The van der Waals surface area contributed by atoms with Crippen LogP contribution in [0.3, 0.4) is 0 Å². The van der Waals surface area contributed by atoms with Crippen molar-refractivity contribution in [2.75, 3.05) is 0 Å². The number of benzene rings is 3. The lowest BCUT2D eigenvalue weighted by molar-refractivity contribution is -0.598. The van der Waals surface area contributed by atoms with E-state index in [1.54, 1.807) is 0 Å². The molecule has 0 saturated carbocycles. The van der Waals surface area contributed by atoms with E-state index in [4.69, 9.17) is 0 Å². The van der Waals surface area contributed by atoms with E-state index in [1.807, 2.05) is 18.2 Å². The number of halogens is 1. The normalized spacial score (nSPS) is 10.8. The third kappa shape index (κ3) is 2.65. The van der Waals surface area contributed by atoms with Crippen molar-refractivity contribution in [1.29, 1.82) is 0 Å². The Kier molecular flexibility index (Phi) is 3.80. The predicted octanol–water partition coefficient (Wildman–Crippen LogP) is 0.461. The molecule has 0 fully saturated rings. The fourth-order valence-corrected chi connectivity index (χ4v) is 4.75. The highest BCUT2D eigenvalue weighted by atomic mass is 127. The van der Waals surface area contributed by atoms with E-state index in [-0.39, 0.29) is 27.8 Å². The summed E-state index contributed by atoms with van der Waals surface area (Å²) >= 11 is -0.234. The van der Waals surface area contributed by atoms with Gasteiger partial charge in [0, 0.05) is 5.56 Å². The molecule has 2 heteroatoms. The zero-order valence-electron chi connectivity index (χ0n) is 10.4. The molecule has 1 nitrogen and oxygen atoms in total. The molecule has 0 unspecified atom stereocenters. The summed E-state index contributed by atoms with van der Waals surface area (Å²) in [5.41, 5.74) is 1.09. The topological polar surface area (TPSA) is 20.2 Å². The largest absolute Gasteiger partial charge is 0.391 e. The van der Waals surface area contributed by atoms with E-state index >= 15 is 0 Å². The number of rotatable bonds is 3. The zero-order chi connectivity index (χ0) is 13.1. The van der Waals surface area contributed by atoms with Crippen molar-refractivity contribution in [3.05, 3.63) is 79.4 Å². The maximum absolute atomic E-state index is 9.71. The molecule has 3 rings (SSSR count). The number of fused-ring (bicyclic) bond motifs is 1. The Morgan fingerprint density at radius 3 is 2.32 bits per heavy atom. The van der Waals surface area contributed by atoms with Gasteiger partial charge in [-0.3, -0.25) is 0 Å².